The van der Waals surface area contributed by atoms with Gasteiger partial charge in [0.15, 0.2) is 0 Å². The molecule has 5 aliphatic rings. The number of rotatable bonds is 0. The lowest BCUT2D eigenvalue weighted by Crippen LogP contribution is -2.43. The SMILES string of the molecule is FC1c2ccc(I)cc2N=C2C3CC4CC(C3)CC(C4)N21. The molecule has 0 aromatic heterocycles. The molecule has 0 N–H and O–H groups in total. The van der Waals surface area contributed by atoms with E-state index in [1.807, 2.05) is 18.2 Å². The fourth-order valence-corrected chi connectivity index (χ4v) is 5.66. The number of amidine groups is 1. The first kappa shape index (κ1) is 12.9. The first-order valence-electron chi connectivity index (χ1n) is 7.99. The fourth-order valence-electron chi connectivity index (χ4n) is 5.19. The van der Waals surface area contributed by atoms with Crippen molar-refractivity contribution >= 4 is 34.1 Å². The number of halogens is 2. The minimum Gasteiger partial charge on any atom is -0.323 e. The van der Waals surface area contributed by atoms with Gasteiger partial charge in [0.1, 0.15) is 5.84 Å². The Labute approximate surface area is 138 Å². The normalized spacial score (nSPS) is 39.6. The van der Waals surface area contributed by atoms with E-state index in [-0.39, 0.29) is 0 Å². The van der Waals surface area contributed by atoms with Crippen LogP contribution < -0.4 is 0 Å². The van der Waals surface area contributed by atoms with Gasteiger partial charge in [0.25, 0.3) is 0 Å². The molecule has 0 spiro atoms. The van der Waals surface area contributed by atoms with Gasteiger partial charge in [-0.05, 0) is 78.7 Å². The lowest BCUT2D eigenvalue weighted by molar-refractivity contribution is 0.0656. The van der Waals surface area contributed by atoms with Crippen LogP contribution in [0.1, 0.15) is 44.0 Å². The van der Waals surface area contributed by atoms with Crippen molar-refractivity contribution in [1.29, 1.82) is 0 Å². The molecule has 6 rings (SSSR count). The lowest BCUT2D eigenvalue weighted by atomic mass is 9.68. The molecule has 3 aliphatic heterocycles. The highest BCUT2D eigenvalue weighted by Crippen LogP contribution is 2.52. The summed E-state index contributed by atoms with van der Waals surface area (Å²) in [6.07, 6.45) is 5.18. The fraction of sp³-hybridized carbons (Fsp3) is 0.588. The highest BCUT2D eigenvalue weighted by atomic mass is 127. The topological polar surface area (TPSA) is 15.6 Å². The van der Waals surface area contributed by atoms with Crippen molar-refractivity contribution < 1.29 is 4.39 Å². The summed E-state index contributed by atoms with van der Waals surface area (Å²) >= 11 is 2.28. The van der Waals surface area contributed by atoms with Gasteiger partial charge in [-0.1, -0.05) is 6.07 Å². The largest absolute Gasteiger partial charge is 0.323 e. The van der Waals surface area contributed by atoms with E-state index in [1.54, 1.807) is 0 Å². The Morgan fingerprint density at radius 2 is 1.86 bits per heavy atom. The Balaban J connectivity index is 1.68. The molecule has 3 heterocycles. The predicted molar refractivity (Wildman–Crippen MR) is 89.3 cm³/mol. The Kier molecular flexibility index (Phi) is 2.71. The number of aliphatic imine (C=N–C) groups is 1. The number of fused-ring (bicyclic) bond motifs is 1. The molecule has 4 heteroatoms. The third-order valence-corrected chi connectivity index (χ3v) is 6.54. The molecule has 4 fully saturated rings. The average Bonchev–Trinajstić information content (AvgIpc) is 2.61. The highest BCUT2D eigenvalue weighted by molar-refractivity contribution is 14.1. The van der Waals surface area contributed by atoms with Crippen LogP contribution in [0.5, 0.6) is 0 Å². The van der Waals surface area contributed by atoms with Crippen LogP contribution in [0, 0.1) is 21.3 Å². The van der Waals surface area contributed by atoms with Crippen molar-refractivity contribution in [1.82, 2.24) is 4.90 Å². The molecule has 1 aromatic rings. The standard InChI is InChI=1S/C17H18FIN2/c18-16-14-2-1-12(19)8-15(14)20-17-11-4-9-3-10(5-11)7-13(6-9)21(16)17/h1-2,8-11,13,16H,3-7H2. The second-order valence-electron chi connectivity index (χ2n) is 7.18. The van der Waals surface area contributed by atoms with Gasteiger partial charge in [0.05, 0.1) is 5.69 Å². The summed E-state index contributed by atoms with van der Waals surface area (Å²) in [5.74, 6) is 3.16. The Bertz CT molecular complexity index is 630. The van der Waals surface area contributed by atoms with E-state index in [2.05, 4.69) is 27.5 Å². The maximum atomic E-state index is 15.2. The lowest BCUT2D eigenvalue weighted by Gasteiger charge is -2.40. The molecule has 3 atom stereocenters. The summed E-state index contributed by atoms with van der Waals surface area (Å²) in [7, 11) is 0. The average molecular weight is 396 g/mol. The summed E-state index contributed by atoms with van der Waals surface area (Å²) < 4.78 is 16.4. The van der Waals surface area contributed by atoms with Crippen LogP contribution in [0.2, 0.25) is 0 Å². The van der Waals surface area contributed by atoms with Crippen LogP contribution in [-0.4, -0.2) is 16.8 Å². The Morgan fingerprint density at radius 3 is 2.62 bits per heavy atom. The van der Waals surface area contributed by atoms with E-state index < -0.39 is 6.30 Å². The van der Waals surface area contributed by atoms with E-state index in [0.29, 0.717) is 12.0 Å². The molecule has 2 saturated heterocycles. The smallest absolute Gasteiger partial charge is 0.201 e. The van der Waals surface area contributed by atoms with E-state index in [1.165, 1.54) is 32.1 Å². The first-order valence-corrected chi connectivity index (χ1v) is 9.07. The molecule has 2 saturated carbocycles. The maximum Gasteiger partial charge on any atom is 0.201 e. The first-order chi connectivity index (χ1) is 10.2. The minimum atomic E-state index is -0.993. The van der Waals surface area contributed by atoms with Gasteiger partial charge >= 0.3 is 0 Å². The highest BCUT2D eigenvalue weighted by Gasteiger charge is 2.49. The van der Waals surface area contributed by atoms with Gasteiger partial charge in [0, 0.05) is 21.1 Å². The number of hydrogen-bond acceptors (Lipinski definition) is 2. The summed E-state index contributed by atoms with van der Waals surface area (Å²) in [5.41, 5.74) is 1.63. The zero-order valence-electron chi connectivity index (χ0n) is 11.8. The molecular formula is C17H18FIN2. The number of nitrogens with zero attached hydrogens (tertiary/aromatic N) is 2. The van der Waals surface area contributed by atoms with Crippen LogP contribution in [-0.2, 0) is 0 Å². The third-order valence-electron chi connectivity index (χ3n) is 5.86. The van der Waals surface area contributed by atoms with Crippen molar-refractivity contribution in [2.24, 2.45) is 22.7 Å². The summed E-state index contributed by atoms with van der Waals surface area (Å²) in [5, 5.41) is 0. The van der Waals surface area contributed by atoms with Crippen molar-refractivity contribution in [3.8, 4) is 0 Å². The molecule has 3 unspecified atom stereocenters. The predicted octanol–water partition coefficient (Wildman–Crippen LogP) is 4.81. The summed E-state index contributed by atoms with van der Waals surface area (Å²) in [6, 6.07) is 6.33. The van der Waals surface area contributed by atoms with Crippen molar-refractivity contribution in [2.45, 2.75) is 44.4 Å². The summed E-state index contributed by atoms with van der Waals surface area (Å²) in [6.45, 7) is 0. The Morgan fingerprint density at radius 1 is 1.10 bits per heavy atom. The number of hydrogen-bond donors (Lipinski definition) is 0. The molecule has 0 amide bonds. The molecule has 2 aliphatic carbocycles. The molecule has 21 heavy (non-hydrogen) atoms. The van der Waals surface area contributed by atoms with Crippen molar-refractivity contribution in [2.75, 3.05) is 0 Å². The quantitative estimate of drug-likeness (QED) is 0.454. The van der Waals surface area contributed by atoms with Crippen molar-refractivity contribution in [3.05, 3.63) is 27.3 Å². The second-order valence-corrected chi connectivity index (χ2v) is 8.42. The van der Waals surface area contributed by atoms with Gasteiger partial charge < -0.3 is 4.90 Å². The minimum absolute atomic E-state index is 0.377. The van der Waals surface area contributed by atoms with E-state index in [9.17, 15) is 0 Å². The molecule has 0 radical (unpaired) electrons. The van der Waals surface area contributed by atoms with Crippen LogP contribution in [0.25, 0.3) is 0 Å². The van der Waals surface area contributed by atoms with Gasteiger partial charge in [-0.3, -0.25) is 0 Å². The monoisotopic (exact) mass is 396 g/mol. The van der Waals surface area contributed by atoms with E-state index in [4.69, 9.17) is 4.99 Å². The van der Waals surface area contributed by atoms with Crippen LogP contribution in [0.4, 0.5) is 10.1 Å². The van der Waals surface area contributed by atoms with Gasteiger partial charge in [-0.15, -0.1) is 0 Å². The molecule has 2 nitrogen and oxygen atoms in total. The molecular weight excluding hydrogens is 378 g/mol. The van der Waals surface area contributed by atoms with Crippen molar-refractivity contribution in [3.63, 3.8) is 0 Å². The van der Waals surface area contributed by atoms with E-state index in [0.717, 1.165) is 32.5 Å². The molecule has 4 bridgehead atoms. The summed E-state index contributed by atoms with van der Waals surface area (Å²) in [4.78, 5) is 6.99. The maximum absolute atomic E-state index is 15.2. The van der Waals surface area contributed by atoms with Gasteiger partial charge in [-0.2, -0.15) is 0 Å². The third kappa shape index (κ3) is 1.83. The van der Waals surface area contributed by atoms with Crippen LogP contribution in [0.15, 0.2) is 23.2 Å². The number of benzene rings is 1. The van der Waals surface area contributed by atoms with Gasteiger partial charge in [-0.25, -0.2) is 9.38 Å². The molecule has 110 valence electrons. The van der Waals surface area contributed by atoms with Gasteiger partial charge in [0.2, 0.25) is 6.30 Å². The molecule has 1 aromatic carbocycles. The zero-order chi connectivity index (χ0) is 14.1. The zero-order valence-corrected chi connectivity index (χ0v) is 14.0. The van der Waals surface area contributed by atoms with Crippen LogP contribution in [0.3, 0.4) is 0 Å². The second kappa shape index (κ2) is 4.43. The van der Waals surface area contributed by atoms with Crippen LogP contribution >= 0.6 is 22.6 Å². The van der Waals surface area contributed by atoms with E-state index >= 15 is 4.39 Å². The number of alkyl halides is 1. The Hall–Kier alpha value is -0.650.